The maximum absolute atomic E-state index is 14.1. The minimum atomic E-state index is -1.45. The topological polar surface area (TPSA) is 131 Å². The van der Waals surface area contributed by atoms with Gasteiger partial charge in [-0.25, -0.2) is 4.68 Å². The second-order valence-corrected chi connectivity index (χ2v) is 11.8. The molecule has 0 saturated carbocycles. The number of aryl methyl sites for hydroxylation is 1. The van der Waals surface area contributed by atoms with E-state index in [1.54, 1.807) is 6.20 Å². The number of hydrogen-bond donors (Lipinski definition) is 4. The van der Waals surface area contributed by atoms with Crippen LogP contribution in [0.5, 0.6) is 0 Å². The summed E-state index contributed by atoms with van der Waals surface area (Å²) in [6.45, 7) is 11.7. The van der Waals surface area contributed by atoms with Gasteiger partial charge in [0.1, 0.15) is 23.0 Å². The number of hydrogen-bond acceptors (Lipinski definition) is 5. The molecule has 1 aromatic heterocycles. The minimum Gasteiger partial charge on any atom is -0.368 e. The zero-order valence-electron chi connectivity index (χ0n) is 24.8. The van der Waals surface area contributed by atoms with Crippen LogP contribution in [-0.4, -0.2) is 33.5 Å². The van der Waals surface area contributed by atoms with E-state index in [1.807, 2.05) is 67.9 Å². The molecule has 5 N–H and O–H groups in total. The van der Waals surface area contributed by atoms with Crippen molar-refractivity contribution in [1.29, 1.82) is 0 Å². The molecule has 0 radical (unpaired) electrons. The van der Waals surface area contributed by atoms with Crippen LogP contribution < -0.4 is 21.7 Å². The fourth-order valence-corrected chi connectivity index (χ4v) is 5.63. The van der Waals surface area contributed by atoms with Crippen molar-refractivity contribution in [3.05, 3.63) is 83.0 Å². The van der Waals surface area contributed by atoms with Gasteiger partial charge in [0, 0.05) is 0 Å². The van der Waals surface area contributed by atoms with Crippen molar-refractivity contribution < 1.29 is 14.4 Å². The monoisotopic (exact) mass is 558 g/mol. The first-order valence-corrected chi connectivity index (χ1v) is 14.4. The summed E-state index contributed by atoms with van der Waals surface area (Å²) in [7, 11) is 0. The third-order valence-electron chi connectivity index (χ3n) is 8.16. The van der Waals surface area contributed by atoms with Crippen molar-refractivity contribution in [3.8, 4) is 0 Å². The number of carbonyl (C=O) groups is 3. The fourth-order valence-electron chi connectivity index (χ4n) is 5.63. The van der Waals surface area contributed by atoms with E-state index in [9.17, 15) is 14.4 Å². The average molecular weight is 559 g/mol. The summed E-state index contributed by atoms with van der Waals surface area (Å²) in [6.07, 6.45) is 3.41. The van der Waals surface area contributed by atoms with Crippen molar-refractivity contribution in [2.45, 2.75) is 84.0 Å². The largest absolute Gasteiger partial charge is 0.368 e. The van der Waals surface area contributed by atoms with E-state index in [-0.39, 0.29) is 23.9 Å². The standard InChI is InChI=1S/C32H42N6O3/c1-7-21-14-16-23(17-15-21)32(8-2,30(41)36-26(20(3)4)27(33)39)37-29(40)24-19-34-38-28(24)35-25(18-31(38,5)6)22-12-10-9-11-13-22/h9-17,19-20,25-26,35H,7-8,18H2,1-6H3,(H2,33,39)(H,36,41)(H,37,40)/t25?,26-,32?/m0/s1. The van der Waals surface area contributed by atoms with Crippen LogP contribution in [0.15, 0.2) is 60.8 Å². The van der Waals surface area contributed by atoms with Crippen molar-refractivity contribution in [2.24, 2.45) is 11.7 Å². The van der Waals surface area contributed by atoms with Gasteiger partial charge in [-0.3, -0.25) is 14.4 Å². The Hall–Kier alpha value is -4.14. The fraction of sp³-hybridized carbons (Fsp3) is 0.438. The highest BCUT2D eigenvalue weighted by Gasteiger charge is 2.44. The number of primary amides is 1. The van der Waals surface area contributed by atoms with Gasteiger partial charge in [0.2, 0.25) is 5.91 Å². The summed E-state index contributed by atoms with van der Waals surface area (Å²) in [5.74, 6) is -1.20. The van der Waals surface area contributed by atoms with Crippen LogP contribution >= 0.6 is 0 Å². The van der Waals surface area contributed by atoms with E-state index in [1.165, 1.54) is 0 Å². The lowest BCUT2D eigenvalue weighted by atomic mass is 9.84. The molecule has 4 rings (SSSR count). The first kappa shape index (κ1) is 29.8. The second-order valence-electron chi connectivity index (χ2n) is 11.8. The van der Waals surface area contributed by atoms with E-state index in [0.29, 0.717) is 16.9 Å². The van der Waals surface area contributed by atoms with Crippen molar-refractivity contribution in [3.63, 3.8) is 0 Å². The highest BCUT2D eigenvalue weighted by Crippen LogP contribution is 2.40. The smallest absolute Gasteiger partial charge is 0.257 e. The molecule has 1 aliphatic rings. The molecule has 218 valence electrons. The van der Waals surface area contributed by atoms with Crippen molar-refractivity contribution in [2.75, 3.05) is 5.32 Å². The molecule has 2 heterocycles. The summed E-state index contributed by atoms with van der Waals surface area (Å²) in [5, 5.41) is 14.0. The number of aromatic nitrogens is 2. The van der Waals surface area contributed by atoms with Crippen LogP contribution in [0.1, 0.15) is 87.5 Å². The Bertz CT molecular complexity index is 1400. The molecule has 3 amide bonds. The van der Waals surface area contributed by atoms with Gasteiger partial charge in [0.25, 0.3) is 11.8 Å². The molecule has 0 aliphatic carbocycles. The maximum Gasteiger partial charge on any atom is 0.257 e. The van der Waals surface area contributed by atoms with E-state index in [0.717, 1.165) is 24.0 Å². The third kappa shape index (κ3) is 5.85. The van der Waals surface area contributed by atoms with Gasteiger partial charge >= 0.3 is 0 Å². The number of nitrogens with one attached hydrogen (secondary N) is 3. The third-order valence-corrected chi connectivity index (χ3v) is 8.16. The lowest BCUT2D eigenvalue weighted by Gasteiger charge is -2.39. The number of fused-ring (bicyclic) bond motifs is 1. The number of nitrogens with zero attached hydrogens (tertiary/aromatic N) is 2. The average Bonchev–Trinajstić information content (AvgIpc) is 3.40. The highest BCUT2D eigenvalue weighted by molar-refractivity contribution is 6.03. The first-order valence-electron chi connectivity index (χ1n) is 14.4. The number of rotatable bonds is 10. The van der Waals surface area contributed by atoms with Gasteiger partial charge in [-0.2, -0.15) is 5.10 Å². The van der Waals surface area contributed by atoms with Gasteiger partial charge in [-0.15, -0.1) is 0 Å². The Morgan fingerprint density at radius 3 is 2.32 bits per heavy atom. The molecule has 1 aliphatic heterocycles. The number of anilines is 1. The van der Waals surface area contributed by atoms with Crippen molar-refractivity contribution in [1.82, 2.24) is 20.4 Å². The molecule has 0 bridgehead atoms. The SMILES string of the molecule is CCc1ccc(C(CC)(NC(=O)c2cnn3c2NC(c2ccccc2)CC3(C)C)C(=O)N[C@H](C(N)=O)C(C)C)cc1. The van der Waals surface area contributed by atoms with Gasteiger partial charge in [-0.1, -0.05) is 82.3 Å². The van der Waals surface area contributed by atoms with Gasteiger partial charge in [-0.05, 0) is 55.7 Å². The summed E-state index contributed by atoms with van der Waals surface area (Å²) in [4.78, 5) is 40.3. The Balaban J connectivity index is 1.74. The predicted octanol–water partition coefficient (Wildman–Crippen LogP) is 4.40. The molecule has 9 heteroatoms. The van der Waals surface area contributed by atoms with Gasteiger partial charge < -0.3 is 21.7 Å². The van der Waals surface area contributed by atoms with Crippen LogP contribution in [0.25, 0.3) is 0 Å². The van der Waals surface area contributed by atoms with E-state index >= 15 is 0 Å². The molecule has 2 unspecified atom stereocenters. The van der Waals surface area contributed by atoms with Crippen LogP contribution in [0.2, 0.25) is 0 Å². The number of benzene rings is 2. The lowest BCUT2D eigenvalue weighted by Crippen LogP contribution is -2.60. The summed E-state index contributed by atoms with van der Waals surface area (Å²) in [6, 6.07) is 16.8. The number of carbonyl (C=O) groups excluding carboxylic acids is 3. The molecular weight excluding hydrogens is 516 g/mol. The summed E-state index contributed by atoms with van der Waals surface area (Å²) < 4.78 is 1.84. The van der Waals surface area contributed by atoms with Crippen LogP contribution in [-0.2, 0) is 27.1 Å². The minimum absolute atomic E-state index is 0.0230. The Morgan fingerprint density at radius 1 is 1.10 bits per heavy atom. The second kappa shape index (κ2) is 11.8. The molecule has 0 saturated heterocycles. The molecule has 9 nitrogen and oxygen atoms in total. The molecular formula is C32H42N6O3. The van der Waals surface area contributed by atoms with Crippen LogP contribution in [0.4, 0.5) is 5.82 Å². The zero-order valence-corrected chi connectivity index (χ0v) is 24.8. The van der Waals surface area contributed by atoms with E-state index < -0.39 is 29.3 Å². The first-order chi connectivity index (χ1) is 19.4. The number of amides is 3. The molecule has 0 spiro atoms. The number of nitrogens with two attached hydrogens (primary N) is 1. The Labute approximate surface area is 242 Å². The molecule has 0 fully saturated rings. The molecule has 2 aromatic carbocycles. The predicted molar refractivity (Wildman–Crippen MR) is 160 cm³/mol. The Kier molecular flexibility index (Phi) is 8.56. The quantitative estimate of drug-likeness (QED) is 0.293. The molecule has 3 atom stereocenters. The van der Waals surface area contributed by atoms with E-state index in [2.05, 4.69) is 54.0 Å². The summed E-state index contributed by atoms with van der Waals surface area (Å²) in [5.41, 5.74) is 6.99. The van der Waals surface area contributed by atoms with Gasteiger partial charge in [0.05, 0.1) is 17.8 Å². The van der Waals surface area contributed by atoms with Crippen molar-refractivity contribution >= 4 is 23.5 Å². The van der Waals surface area contributed by atoms with E-state index in [4.69, 9.17) is 5.73 Å². The molecule has 41 heavy (non-hydrogen) atoms. The maximum atomic E-state index is 14.1. The van der Waals surface area contributed by atoms with Crippen LogP contribution in [0, 0.1) is 5.92 Å². The Morgan fingerprint density at radius 2 is 1.76 bits per heavy atom. The normalized spacial score (nSPS) is 18.0. The highest BCUT2D eigenvalue weighted by atomic mass is 16.2. The zero-order chi connectivity index (χ0) is 29.9. The van der Waals surface area contributed by atoms with Crippen LogP contribution in [0.3, 0.4) is 0 Å². The van der Waals surface area contributed by atoms with Gasteiger partial charge in [0.15, 0.2) is 0 Å². The summed E-state index contributed by atoms with van der Waals surface area (Å²) >= 11 is 0. The molecule has 3 aromatic rings. The lowest BCUT2D eigenvalue weighted by molar-refractivity contribution is -0.133.